The number of carbonyl (C=O) groups excluding carboxylic acids is 2. The third-order valence-corrected chi connectivity index (χ3v) is 8.58. The number of hydrogen-bond acceptors (Lipinski definition) is 7. The van der Waals surface area contributed by atoms with Crippen LogP contribution in [0.2, 0.25) is 0 Å². The summed E-state index contributed by atoms with van der Waals surface area (Å²) in [5, 5.41) is 2.98. The summed E-state index contributed by atoms with van der Waals surface area (Å²) < 4.78 is 11.6. The number of thioether (sulfide) groups is 2. The number of ether oxygens (including phenoxy) is 2. The van der Waals surface area contributed by atoms with E-state index in [1.54, 1.807) is 23.5 Å². The normalized spacial score (nSPS) is 28.2. The fourth-order valence-corrected chi connectivity index (χ4v) is 7.17. The summed E-state index contributed by atoms with van der Waals surface area (Å²) in [5.41, 5.74) is 2.63. The molecular weight excluding hydrogens is 432 g/mol. The molecule has 4 rings (SSSR count). The fraction of sp³-hybridized carbons (Fsp3) is 0.652. The minimum atomic E-state index is -0.472. The summed E-state index contributed by atoms with van der Waals surface area (Å²) in [7, 11) is 0. The molecule has 0 bridgehead atoms. The van der Waals surface area contributed by atoms with E-state index in [1.165, 1.54) is 11.1 Å². The standard InChI is InChI=1S/C23H32N2O4S2/c1-3-28-23(29-4-2)18-12-30-14-25(18)22(27)19-21(31-13-24-19)20(26)17-10-9-15-7-5-6-8-16(15)11-17/h5-8,17-19,21,23-24H,3-4,9-14H2,1-2H3/t17-,18-,19-,21?/m0/s1. The van der Waals surface area contributed by atoms with Gasteiger partial charge in [-0.25, -0.2) is 0 Å². The van der Waals surface area contributed by atoms with E-state index in [-0.39, 0.29) is 28.9 Å². The molecule has 1 amide bonds. The Kier molecular flexibility index (Phi) is 7.98. The first-order valence-corrected chi connectivity index (χ1v) is 13.4. The topological polar surface area (TPSA) is 67.9 Å². The third-order valence-electron chi connectivity index (χ3n) is 6.34. The van der Waals surface area contributed by atoms with Gasteiger partial charge in [0.05, 0.1) is 17.2 Å². The lowest BCUT2D eigenvalue weighted by Gasteiger charge is -2.33. The van der Waals surface area contributed by atoms with Crippen molar-refractivity contribution < 1.29 is 19.1 Å². The smallest absolute Gasteiger partial charge is 0.242 e. The largest absolute Gasteiger partial charge is 0.351 e. The van der Waals surface area contributed by atoms with Gasteiger partial charge in [-0.3, -0.25) is 14.9 Å². The number of amides is 1. The Hall–Kier alpha value is -1.06. The van der Waals surface area contributed by atoms with Crippen molar-refractivity contribution in [2.45, 2.75) is 56.7 Å². The number of ketones is 1. The van der Waals surface area contributed by atoms with Crippen molar-refractivity contribution in [3.63, 3.8) is 0 Å². The zero-order valence-electron chi connectivity index (χ0n) is 18.2. The molecule has 2 saturated heterocycles. The molecule has 1 aliphatic carbocycles. The second-order valence-electron chi connectivity index (χ2n) is 8.18. The SMILES string of the molecule is CCOC(OCC)[C@@H]1CSCN1C(=O)[C@H]1NCSC1C(=O)[C@H]1CCc2ccccc2C1. The Bertz CT molecular complexity index is 787. The van der Waals surface area contributed by atoms with Crippen molar-refractivity contribution in [1.82, 2.24) is 10.2 Å². The van der Waals surface area contributed by atoms with Crippen LogP contribution < -0.4 is 5.32 Å². The van der Waals surface area contributed by atoms with Crippen LogP contribution in [-0.2, 0) is 31.9 Å². The molecule has 4 atom stereocenters. The van der Waals surface area contributed by atoms with Crippen LogP contribution in [0.25, 0.3) is 0 Å². The predicted molar refractivity (Wildman–Crippen MR) is 125 cm³/mol. The number of benzene rings is 1. The lowest BCUT2D eigenvalue weighted by atomic mass is 9.80. The molecule has 1 aromatic rings. The molecule has 170 valence electrons. The molecule has 31 heavy (non-hydrogen) atoms. The second-order valence-corrected chi connectivity index (χ2v) is 10.3. The van der Waals surface area contributed by atoms with Gasteiger partial charge >= 0.3 is 0 Å². The van der Waals surface area contributed by atoms with E-state index >= 15 is 0 Å². The van der Waals surface area contributed by atoms with Gasteiger partial charge in [0.25, 0.3) is 0 Å². The van der Waals surface area contributed by atoms with Crippen LogP contribution in [0.3, 0.4) is 0 Å². The predicted octanol–water partition coefficient (Wildman–Crippen LogP) is 2.69. The summed E-state index contributed by atoms with van der Waals surface area (Å²) >= 11 is 3.29. The molecule has 2 aliphatic heterocycles. The summed E-state index contributed by atoms with van der Waals surface area (Å²) in [6, 6.07) is 7.80. The summed E-state index contributed by atoms with van der Waals surface area (Å²) in [6.45, 7) is 4.95. The van der Waals surface area contributed by atoms with E-state index in [0.29, 0.717) is 25.0 Å². The van der Waals surface area contributed by atoms with E-state index in [0.717, 1.165) is 25.0 Å². The average molecular weight is 465 g/mol. The highest BCUT2D eigenvalue weighted by Crippen LogP contribution is 2.34. The molecule has 0 saturated carbocycles. The molecule has 0 radical (unpaired) electrons. The van der Waals surface area contributed by atoms with Gasteiger partial charge in [0.1, 0.15) is 6.04 Å². The molecule has 0 aromatic heterocycles. The lowest BCUT2D eigenvalue weighted by molar-refractivity contribution is -0.174. The van der Waals surface area contributed by atoms with Gasteiger partial charge in [-0.2, -0.15) is 0 Å². The Morgan fingerprint density at radius 1 is 1.19 bits per heavy atom. The monoisotopic (exact) mass is 464 g/mol. The van der Waals surface area contributed by atoms with E-state index in [9.17, 15) is 9.59 Å². The van der Waals surface area contributed by atoms with Crippen molar-refractivity contribution in [2.75, 3.05) is 30.7 Å². The Balaban J connectivity index is 1.45. The highest BCUT2D eigenvalue weighted by Gasteiger charge is 2.46. The number of hydrogen-bond donors (Lipinski definition) is 1. The Labute approximate surface area is 193 Å². The van der Waals surface area contributed by atoms with Gasteiger partial charge in [-0.15, -0.1) is 23.5 Å². The number of fused-ring (bicyclic) bond motifs is 1. The van der Waals surface area contributed by atoms with Gasteiger partial charge in [0, 0.05) is 30.8 Å². The number of aryl methyl sites for hydroxylation is 1. The lowest BCUT2D eigenvalue weighted by Crippen LogP contribution is -2.55. The first kappa shape index (κ1) is 23.1. The molecule has 0 spiro atoms. The maximum absolute atomic E-state index is 13.5. The van der Waals surface area contributed by atoms with Crippen LogP contribution in [0, 0.1) is 5.92 Å². The average Bonchev–Trinajstić information content (AvgIpc) is 3.47. The zero-order chi connectivity index (χ0) is 21.8. The molecule has 1 unspecified atom stereocenters. The summed E-state index contributed by atoms with van der Waals surface area (Å²) in [5.74, 6) is 2.24. The van der Waals surface area contributed by atoms with Crippen LogP contribution in [0.15, 0.2) is 24.3 Å². The number of carbonyl (C=O) groups is 2. The highest BCUT2D eigenvalue weighted by atomic mass is 32.2. The van der Waals surface area contributed by atoms with Crippen molar-refractivity contribution in [1.29, 1.82) is 0 Å². The third kappa shape index (κ3) is 4.98. The molecule has 1 N–H and O–H groups in total. The van der Waals surface area contributed by atoms with E-state index in [4.69, 9.17) is 9.47 Å². The van der Waals surface area contributed by atoms with Crippen molar-refractivity contribution in [3.8, 4) is 0 Å². The quantitative estimate of drug-likeness (QED) is 0.593. The number of Topliss-reactive ketones (excluding diaryl/α,β-unsaturated/α-hetero) is 1. The Morgan fingerprint density at radius 2 is 1.94 bits per heavy atom. The Morgan fingerprint density at radius 3 is 2.68 bits per heavy atom. The minimum absolute atomic E-state index is 0.000958. The van der Waals surface area contributed by atoms with Crippen LogP contribution in [0.4, 0.5) is 0 Å². The zero-order valence-corrected chi connectivity index (χ0v) is 19.9. The molecule has 2 heterocycles. The first-order valence-electron chi connectivity index (χ1n) is 11.2. The van der Waals surface area contributed by atoms with E-state index in [2.05, 4.69) is 23.5 Å². The van der Waals surface area contributed by atoms with Gasteiger partial charge in [-0.05, 0) is 44.2 Å². The number of nitrogens with one attached hydrogen (secondary N) is 1. The number of rotatable bonds is 8. The van der Waals surface area contributed by atoms with Gasteiger partial charge < -0.3 is 14.4 Å². The molecule has 8 heteroatoms. The van der Waals surface area contributed by atoms with E-state index in [1.807, 2.05) is 24.8 Å². The maximum atomic E-state index is 13.5. The maximum Gasteiger partial charge on any atom is 0.242 e. The van der Waals surface area contributed by atoms with Crippen LogP contribution in [0.1, 0.15) is 31.4 Å². The van der Waals surface area contributed by atoms with Crippen molar-refractivity contribution in [3.05, 3.63) is 35.4 Å². The first-order chi connectivity index (χ1) is 15.1. The molecule has 1 aromatic carbocycles. The van der Waals surface area contributed by atoms with Crippen LogP contribution >= 0.6 is 23.5 Å². The van der Waals surface area contributed by atoms with Crippen LogP contribution in [0.5, 0.6) is 0 Å². The van der Waals surface area contributed by atoms with Gasteiger partial charge in [-0.1, -0.05) is 24.3 Å². The van der Waals surface area contributed by atoms with Crippen LogP contribution in [-0.4, -0.2) is 70.9 Å². The summed E-state index contributed by atoms with van der Waals surface area (Å²) in [4.78, 5) is 28.9. The second kappa shape index (κ2) is 10.7. The molecule has 2 fully saturated rings. The summed E-state index contributed by atoms with van der Waals surface area (Å²) in [6.07, 6.45) is 2.16. The highest BCUT2D eigenvalue weighted by molar-refractivity contribution is 8.01. The van der Waals surface area contributed by atoms with Crippen molar-refractivity contribution in [2.24, 2.45) is 5.92 Å². The minimum Gasteiger partial charge on any atom is -0.351 e. The van der Waals surface area contributed by atoms with E-state index < -0.39 is 12.3 Å². The molecule has 6 nitrogen and oxygen atoms in total. The fourth-order valence-electron chi connectivity index (χ4n) is 4.75. The molecular formula is C23H32N2O4S2. The van der Waals surface area contributed by atoms with Crippen molar-refractivity contribution >= 4 is 35.2 Å². The molecule has 3 aliphatic rings. The number of nitrogens with zero attached hydrogens (tertiary/aromatic N) is 1. The van der Waals surface area contributed by atoms with Gasteiger partial charge in [0.2, 0.25) is 5.91 Å². The van der Waals surface area contributed by atoms with Gasteiger partial charge in [0.15, 0.2) is 12.1 Å².